The zero-order valence-corrected chi connectivity index (χ0v) is 13.4. The van der Waals surface area contributed by atoms with E-state index in [9.17, 15) is 20.1 Å². The van der Waals surface area contributed by atoms with Crippen LogP contribution < -0.4 is 0 Å². The summed E-state index contributed by atoms with van der Waals surface area (Å²) in [4.78, 5) is 11.7. The topological polar surface area (TPSA) is 87.0 Å². The predicted octanol–water partition coefficient (Wildman–Crippen LogP) is 1.49. The van der Waals surface area contributed by atoms with Gasteiger partial charge in [0.25, 0.3) is 0 Å². The van der Waals surface area contributed by atoms with Crippen LogP contribution in [0.25, 0.3) is 0 Å². The standard InChI is InChI=1S/C17H26O5/c1-11-5-6-14(18)12(2)15(19)7-9-17(4,21)10-8-16(20)22-13(11)3/h7-11,13-15,18-19,21H,2,5-6H2,1,3-4H3. The highest BCUT2D eigenvalue weighted by Gasteiger charge is 2.22. The van der Waals surface area contributed by atoms with Crippen molar-refractivity contribution >= 4 is 5.97 Å². The first kappa shape index (κ1) is 18.6. The number of carbonyl (C=O) groups is 1. The van der Waals surface area contributed by atoms with Crippen LogP contribution in [0.5, 0.6) is 0 Å². The Labute approximate surface area is 131 Å². The summed E-state index contributed by atoms with van der Waals surface area (Å²) < 4.78 is 5.27. The SMILES string of the molecule is C=C1C(O)C=CC(C)(O)C=CC(=O)OC(C)C(C)CCC1O. The monoisotopic (exact) mass is 310 g/mol. The molecule has 0 amide bonds. The Morgan fingerprint density at radius 1 is 1.27 bits per heavy atom. The number of carbonyl (C=O) groups excluding carboxylic acids is 1. The number of aliphatic hydroxyl groups excluding tert-OH is 2. The molecule has 5 heteroatoms. The van der Waals surface area contributed by atoms with E-state index in [1.54, 1.807) is 6.92 Å². The Morgan fingerprint density at radius 3 is 2.55 bits per heavy atom. The van der Waals surface area contributed by atoms with Crippen molar-refractivity contribution in [2.45, 2.75) is 57.5 Å². The molecule has 0 bridgehead atoms. The van der Waals surface area contributed by atoms with Crippen molar-refractivity contribution in [2.24, 2.45) is 5.92 Å². The Hall–Kier alpha value is -1.43. The van der Waals surface area contributed by atoms with Crippen molar-refractivity contribution in [1.82, 2.24) is 0 Å². The fourth-order valence-corrected chi connectivity index (χ4v) is 2.08. The van der Waals surface area contributed by atoms with Crippen LogP contribution >= 0.6 is 0 Å². The van der Waals surface area contributed by atoms with Crippen LogP contribution in [-0.2, 0) is 9.53 Å². The van der Waals surface area contributed by atoms with Gasteiger partial charge in [-0.3, -0.25) is 0 Å². The number of cyclic esters (lactones) is 1. The molecule has 1 aliphatic heterocycles. The second-order valence-electron chi connectivity index (χ2n) is 6.15. The Kier molecular flexibility index (Phi) is 6.53. The maximum atomic E-state index is 11.7. The molecule has 0 aliphatic carbocycles. The lowest BCUT2D eigenvalue weighted by Gasteiger charge is -2.24. The van der Waals surface area contributed by atoms with Gasteiger partial charge in [-0.15, -0.1) is 0 Å². The van der Waals surface area contributed by atoms with Crippen molar-refractivity contribution in [3.8, 4) is 0 Å². The van der Waals surface area contributed by atoms with Crippen molar-refractivity contribution in [1.29, 1.82) is 0 Å². The Balaban J connectivity index is 3.01. The molecule has 0 fully saturated rings. The molecule has 1 aliphatic rings. The Morgan fingerprint density at radius 2 is 1.91 bits per heavy atom. The molecule has 0 aromatic heterocycles. The van der Waals surface area contributed by atoms with Crippen LogP contribution in [0.15, 0.2) is 36.5 Å². The van der Waals surface area contributed by atoms with E-state index in [0.717, 1.165) is 0 Å². The first-order chi connectivity index (χ1) is 10.1. The van der Waals surface area contributed by atoms with Crippen molar-refractivity contribution in [2.75, 3.05) is 0 Å². The second kappa shape index (κ2) is 7.72. The van der Waals surface area contributed by atoms with Gasteiger partial charge in [-0.2, -0.15) is 0 Å². The summed E-state index contributed by atoms with van der Waals surface area (Å²) in [5.74, 6) is -0.480. The van der Waals surface area contributed by atoms with Gasteiger partial charge in [0, 0.05) is 6.08 Å². The average molecular weight is 310 g/mol. The van der Waals surface area contributed by atoms with Gasteiger partial charge in [0.05, 0.1) is 17.8 Å². The van der Waals surface area contributed by atoms with Crippen LogP contribution in [-0.4, -0.2) is 45.2 Å². The van der Waals surface area contributed by atoms with E-state index >= 15 is 0 Å². The molecule has 1 heterocycles. The summed E-state index contributed by atoms with van der Waals surface area (Å²) in [6.45, 7) is 8.90. The summed E-state index contributed by atoms with van der Waals surface area (Å²) in [7, 11) is 0. The summed E-state index contributed by atoms with van der Waals surface area (Å²) in [5.41, 5.74) is -1.13. The van der Waals surface area contributed by atoms with E-state index in [1.807, 2.05) is 6.92 Å². The van der Waals surface area contributed by atoms with E-state index < -0.39 is 23.8 Å². The molecule has 0 spiro atoms. The highest BCUT2D eigenvalue weighted by Crippen LogP contribution is 2.21. The number of rotatable bonds is 0. The number of esters is 1. The van der Waals surface area contributed by atoms with Gasteiger partial charge in [-0.25, -0.2) is 4.79 Å². The molecular weight excluding hydrogens is 284 g/mol. The van der Waals surface area contributed by atoms with Gasteiger partial charge in [0.2, 0.25) is 0 Å². The van der Waals surface area contributed by atoms with E-state index in [4.69, 9.17) is 4.74 Å². The van der Waals surface area contributed by atoms with Crippen molar-refractivity contribution in [3.05, 3.63) is 36.5 Å². The Bertz CT molecular complexity index is 464. The van der Waals surface area contributed by atoms with Gasteiger partial charge >= 0.3 is 5.97 Å². The highest BCUT2D eigenvalue weighted by molar-refractivity contribution is 5.82. The lowest BCUT2D eigenvalue weighted by molar-refractivity contribution is -0.144. The third-order valence-electron chi connectivity index (χ3n) is 3.98. The quantitative estimate of drug-likeness (QED) is 0.466. The van der Waals surface area contributed by atoms with Gasteiger partial charge in [0.15, 0.2) is 0 Å². The molecule has 3 N–H and O–H groups in total. The molecule has 1 rings (SSSR count). The minimum Gasteiger partial charge on any atom is -0.459 e. The number of hydrogen-bond donors (Lipinski definition) is 3. The highest BCUT2D eigenvalue weighted by atomic mass is 16.5. The smallest absolute Gasteiger partial charge is 0.330 e. The second-order valence-corrected chi connectivity index (χ2v) is 6.15. The number of ether oxygens (including phenoxy) is 1. The maximum absolute atomic E-state index is 11.7. The fraction of sp³-hybridized carbons (Fsp3) is 0.588. The van der Waals surface area contributed by atoms with Gasteiger partial charge in [0.1, 0.15) is 6.10 Å². The summed E-state index contributed by atoms with van der Waals surface area (Å²) in [6, 6.07) is 0. The first-order valence-electron chi connectivity index (χ1n) is 7.49. The molecular formula is C17H26O5. The predicted molar refractivity (Wildman–Crippen MR) is 84.0 cm³/mol. The molecule has 0 saturated heterocycles. The minimum absolute atomic E-state index is 0.0518. The molecule has 0 saturated carbocycles. The zero-order chi connectivity index (χ0) is 16.9. The van der Waals surface area contributed by atoms with Crippen molar-refractivity contribution < 1.29 is 24.9 Å². The van der Waals surface area contributed by atoms with Crippen molar-refractivity contribution in [3.63, 3.8) is 0 Å². The van der Waals surface area contributed by atoms with Crippen LogP contribution in [0.2, 0.25) is 0 Å². The summed E-state index contributed by atoms with van der Waals surface area (Å²) in [5, 5.41) is 30.2. The minimum atomic E-state index is -1.41. The average Bonchev–Trinajstić information content (AvgIpc) is 2.46. The van der Waals surface area contributed by atoms with Gasteiger partial charge in [-0.1, -0.05) is 25.7 Å². The molecule has 5 unspecified atom stereocenters. The molecule has 0 radical (unpaired) electrons. The van der Waals surface area contributed by atoms with Crippen LogP contribution in [0.1, 0.15) is 33.6 Å². The van der Waals surface area contributed by atoms with E-state index in [2.05, 4.69) is 6.58 Å². The molecule has 5 nitrogen and oxygen atoms in total. The molecule has 22 heavy (non-hydrogen) atoms. The van der Waals surface area contributed by atoms with E-state index in [1.165, 1.54) is 31.2 Å². The first-order valence-corrected chi connectivity index (χ1v) is 7.49. The van der Waals surface area contributed by atoms with E-state index in [0.29, 0.717) is 12.8 Å². The fourth-order valence-electron chi connectivity index (χ4n) is 2.08. The normalized spacial score (nSPS) is 38.5. The van der Waals surface area contributed by atoms with E-state index in [-0.39, 0.29) is 17.6 Å². The van der Waals surface area contributed by atoms with Crippen LogP contribution in [0.4, 0.5) is 0 Å². The van der Waals surface area contributed by atoms with Gasteiger partial charge < -0.3 is 20.1 Å². The summed E-state index contributed by atoms with van der Waals surface area (Å²) >= 11 is 0. The lowest BCUT2D eigenvalue weighted by Crippen LogP contribution is -2.26. The third kappa shape index (κ3) is 5.75. The number of aliphatic hydroxyl groups is 3. The molecule has 0 aromatic rings. The lowest BCUT2D eigenvalue weighted by atomic mass is 9.93. The zero-order valence-electron chi connectivity index (χ0n) is 13.4. The van der Waals surface area contributed by atoms with Crippen LogP contribution in [0.3, 0.4) is 0 Å². The van der Waals surface area contributed by atoms with Gasteiger partial charge in [-0.05, 0) is 44.3 Å². The molecule has 124 valence electrons. The largest absolute Gasteiger partial charge is 0.459 e. The van der Waals surface area contributed by atoms with Crippen LogP contribution in [0, 0.1) is 5.92 Å². The number of hydrogen-bond acceptors (Lipinski definition) is 5. The third-order valence-corrected chi connectivity index (χ3v) is 3.98. The summed E-state index contributed by atoms with van der Waals surface area (Å²) in [6.07, 6.45) is 3.98. The molecule has 5 atom stereocenters. The maximum Gasteiger partial charge on any atom is 0.330 e. The molecule has 0 aromatic carbocycles.